The lowest BCUT2D eigenvalue weighted by molar-refractivity contribution is -0.385. The Labute approximate surface area is 105 Å². The quantitative estimate of drug-likeness (QED) is 0.614. The number of hydrogen-bond acceptors (Lipinski definition) is 4. The summed E-state index contributed by atoms with van der Waals surface area (Å²) < 4.78 is 1.98. The maximum Gasteiger partial charge on any atom is 0.287 e. The lowest BCUT2D eigenvalue weighted by Gasteiger charge is -2.22. The van der Waals surface area contributed by atoms with Crippen molar-refractivity contribution in [3.8, 4) is 0 Å². The number of hydrogen-bond donors (Lipinski definition) is 0. The Hall–Kier alpha value is -2.37. The second-order valence-corrected chi connectivity index (χ2v) is 3.85. The van der Waals surface area contributed by atoms with E-state index in [-0.39, 0.29) is 5.69 Å². The third-order valence-corrected chi connectivity index (χ3v) is 2.73. The van der Waals surface area contributed by atoms with Gasteiger partial charge in [0.2, 0.25) is 0 Å². The fourth-order valence-electron chi connectivity index (χ4n) is 1.82. The van der Waals surface area contributed by atoms with Crippen molar-refractivity contribution in [3.05, 3.63) is 46.8 Å². The summed E-state index contributed by atoms with van der Waals surface area (Å²) in [5, 5.41) is 10.6. The first kappa shape index (κ1) is 12.1. The maximum absolute atomic E-state index is 10.6. The van der Waals surface area contributed by atoms with Crippen molar-refractivity contribution in [1.82, 2.24) is 9.55 Å². The van der Waals surface area contributed by atoms with Crippen LogP contribution in [0.4, 0.5) is 17.3 Å². The van der Waals surface area contributed by atoms with Gasteiger partial charge in [0.1, 0.15) is 17.8 Å². The Morgan fingerprint density at radius 2 is 2.22 bits per heavy atom. The zero-order valence-corrected chi connectivity index (χ0v) is 10.3. The largest absolute Gasteiger partial charge is 0.337 e. The highest BCUT2D eigenvalue weighted by molar-refractivity contribution is 5.57. The second-order valence-electron chi connectivity index (χ2n) is 3.85. The van der Waals surface area contributed by atoms with Gasteiger partial charge in [-0.05, 0) is 25.1 Å². The zero-order chi connectivity index (χ0) is 13.1. The second kappa shape index (κ2) is 4.87. The van der Waals surface area contributed by atoms with Crippen LogP contribution in [0.1, 0.15) is 6.92 Å². The highest BCUT2D eigenvalue weighted by Crippen LogP contribution is 2.24. The summed E-state index contributed by atoms with van der Waals surface area (Å²) in [4.78, 5) is 16.3. The van der Waals surface area contributed by atoms with Gasteiger partial charge in [-0.2, -0.15) is 0 Å². The predicted molar refractivity (Wildman–Crippen MR) is 69.0 cm³/mol. The normalized spacial score (nSPS) is 10.3. The molecule has 0 aliphatic carbocycles. The number of nitro groups is 1. The van der Waals surface area contributed by atoms with E-state index in [9.17, 15) is 10.1 Å². The minimum absolute atomic E-state index is 0.00156. The van der Waals surface area contributed by atoms with E-state index < -0.39 is 4.92 Å². The summed E-state index contributed by atoms with van der Waals surface area (Å²) in [6.07, 6.45) is 3.23. The van der Waals surface area contributed by atoms with Crippen molar-refractivity contribution in [3.63, 3.8) is 0 Å². The molecule has 0 saturated heterocycles. The van der Waals surface area contributed by atoms with Gasteiger partial charge in [-0.3, -0.25) is 10.1 Å². The van der Waals surface area contributed by atoms with Crippen LogP contribution in [0.5, 0.6) is 0 Å². The minimum Gasteiger partial charge on any atom is -0.337 e. The first-order valence-electron chi connectivity index (χ1n) is 5.62. The molecule has 0 aliphatic heterocycles. The van der Waals surface area contributed by atoms with Gasteiger partial charge in [-0.15, -0.1) is 0 Å². The summed E-state index contributed by atoms with van der Waals surface area (Å²) >= 11 is 0. The van der Waals surface area contributed by atoms with Gasteiger partial charge in [0.15, 0.2) is 0 Å². The first-order valence-corrected chi connectivity index (χ1v) is 5.62. The van der Waals surface area contributed by atoms with E-state index >= 15 is 0 Å². The van der Waals surface area contributed by atoms with Gasteiger partial charge >= 0.3 is 0 Å². The summed E-state index contributed by atoms with van der Waals surface area (Å²) in [5.41, 5.74) is 0.00156. The van der Waals surface area contributed by atoms with Crippen LogP contribution in [0.25, 0.3) is 0 Å². The standard InChI is InChI=1S/C12H14N4O2/c1-3-15(12-5-4-8-14(12)2)11-7-6-10(9-13-11)16(17)18/h4-9H,3H2,1-2H3. The molecule has 2 aromatic rings. The fourth-order valence-corrected chi connectivity index (χ4v) is 1.82. The first-order chi connectivity index (χ1) is 8.63. The average Bonchev–Trinajstić information content (AvgIpc) is 2.78. The molecule has 2 rings (SSSR count). The van der Waals surface area contributed by atoms with Gasteiger partial charge in [0.05, 0.1) is 4.92 Å². The highest BCUT2D eigenvalue weighted by Gasteiger charge is 2.13. The van der Waals surface area contributed by atoms with Gasteiger partial charge in [0, 0.05) is 25.9 Å². The van der Waals surface area contributed by atoms with Crippen LogP contribution in [0.2, 0.25) is 0 Å². The molecule has 0 aromatic carbocycles. The molecule has 2 heterocycles. The molecule has 0 atom stereocenters. The van der Waals surface area contributed by atoms with Gasteiger partial charge in [-0.25, -0.2) is 4.98 Å². The molecule has 2 aromatic heterocycles. The number of nitrogens with zero attached hydrogens (tertiary/aromatic N) is 4. The molecule has 0 aliphatic rings. The molecule has 0 radical (unpaired) electrons. The highest BCUT2D eigenvalue weighted by atomic mass is 16.6. The lowest BCUT2D eigenvalue weighted by atomic mass is 10.3. The smallest absolute Gasteiger partial charge is 0.287 e. The SMILES string of the molecule is CCN(c1ccc([N+](=O)[O-])cn1)c1cccn1C. The van der Waals surface area contributed by atoms with Crippen LogP contribution in [-0.2, 0) is 7.05 Å². The molecule has 0 N–H and O–H groups in total. The summed E-state index contributed by atoms with van der Waals surface area (Å²) in [7, 11) is 1.95. The number of anilines is 2. The van der Waals surface area contributed by atoms with Crippen molar-refractivity contribution in [1.29, 1.82) is 0 Å². The Kier molecular flexibility index (Phi) is 3.27. The van der Waals surface area contributed by atoms with Crippen LogP contribution in [0.15, 0.2) is 36.7 Å². The number of pyridine rings is 1. The number of aromatic nitrogens is 2. The van der Waals surface area contributed by atoms with Gasteiger partial charge in [0.25, 0.3) is 5.69 Å². The van der Waals surface area contributed by atoms with Crippen LogP contribution < -0.4 is 4.90 Å². The molecule has 94 valence electrons. The molecular weight excluding hydrogens is 232 g/mol. The van der Waals surface area contributed by atoms with E-state index in [0.29, 0.717) is 5.82 Å². The van der Waals surface area contributed by atoms with Crippen molar-refractivity contribution in [2.75, 3.05) is 11.4 Å². The Balaban J connectivity index is 2.34. The van der Waals surface area contributed by atoms with E-state index in [2.05, 4.69) is 4.98 Å². The van der Waals surface area contributed by atoms with E-state index in [0.717, 1.165) is 12.4 Å². The molecule has 6 heteroatoms. The van der Waals surface area contributed by atoms with Gasteiger partial charge in [-0.1, -0.05) is 0 Å². The lowest BCUT2D eigenvalue weighted by Crippen LogP contribution is -2.19. The summed E-state index contributed by atoms with van der Waals surface area (Å²) in [6, 6.07) is 7.05. The molecule has 0 fully saturated rings. The van der Waals surface area contributed by atoms with Crippen molar-refractivity contribution >= 4 is 17.3 Å². The topological polar surface area (TPSA) is 64.2 Å². The van der Waals surface area contributed by atoms with Crippen LogP contribution in [0.3, 0.4) is 0 Å². The van der Waals surface area contributed by atoms with Crippen molar-refractivity contribution < 1.29 is 4.92 Å². The minimum atomic E-state index is -0.449. The van der Waals surface area contributed by atoms with Crippen molar-refractivity contribution in [2.45, 2.75) is 6.92 Å². The monoisotopic (exact) mass is 246 g/mol. The molecule has 0 spiro atoms. The van der Waals surface area contributed by atoms with Crippen LogP contribution >= 0.6 is 0 Å². The number of aryl methyl sites for hydroxylation is 1. The van der Waals surface area contributed by atoms with Gasteiger partial charge < -0.3 is 9.47 Å². The predicted octanol–water partition coefficient (Wildman–Crippen LogP) is 2.49. The van der Waals surface area contributed by atoms with E-state index in [1.807, 2.05) is 41.8 Å². The zero-order valence-electron chi connectivity index (χ0n) is 10.3. The maximum atomic E-state index is 10.6. The summed E-state index contributed by atoms with van der Waals surface area (Å²) in [6.45, 7) is 2.75. The Morgan fingerprint density at radius 3 is 2.67 bits per heavy atom. The van der Waals surface area contributed by atoms with Crippen LogP contribution in [0, 0.1) is 10.1 Å². The average molecular weight is 246 g/mol. The molecule has 0 bridgehead atoms. The Bertz CT molecular complexity index is 547. The molecule has 0 unspecified atom stereocenters. The summed E-state index contributed by atoms with van der Waals surface area (Å²) in [5.74, 6) is 1.70. The van der Waals surface area contributed by atoms with E-state index in [1.165, 1.54) is 12.3 Å². The molecule has 0 saturated carbocycles. The van der Waals surface area contributed by atoms with Crippen LogP contribution in [-0.4, -0.2) is 21.0 Å². The number of rotatable bonds is 4. The molecule has 0 amide bonds. The molecule has 6 nitrogen and oxygen atoms in total. The van der Waals surface area contributed by atoms with E-state index in [4.69, 9.17) is 0 Å². The third-order valence-electron chi connectivity index (χ3n) is 2.73. The Morgan fingerprint density at radius 1 is 1.44 bits per heavy atom. The molecule has 18 heavy (non-hydrogen) atoms. The fraction of sp³-hybridized carbons (Fsp3) is 0.250. The third kappa shape index (κ3) is 2.17. The van der Waals surface area contributed by atoms with E-state index in [1.54, 1.807) is 6.07 Å². The van der Waals surface area contributed by atoms with Crippen molar-refractivity contribution in [2.24, 2.45) is 7.05 Å². The molecular formula is C12H14N4O2.